The Morgan fingerprint density at radius 3 is 2.58 bits per heavy atom. The van der Waals surface area contributed by atoms with Gasteiger partial charge in [-0.3, -0.25) is 9.69 Å². The molecule has 138 valence electrons. The number of carboxylic acid groups (broad SMARTS) is 1. The van der Waals surface area contributed by atoms with Gasteiger partial charge < -0.3 is 9.84 Å². The van der Waals surface area contributed by atoms with E-state index in [0.29, 0.717) is 12.3 Å². The number of methoxy groups -OCH3 is 1. The van der Waals surface area contributed by atoms with Gasteiger partial charge in [-0.15, -0.1) is 0 Å². The first kappa shape index (κ1) is 18.3. The summed E-state index contributed by atoms with van der Waals surface area (Å²) in [6.45, 7) is 0.519. The van der Waals surface area contributed by atoms with Crippen LogP contribution in [0.1, 0.15) is 17.0 Å². The Morgan fingerprint density at radius 2 is 1.88 bits per heavy atom. The Bertz CT molecular complexity index is 828. The molecule has 26 heavy (non-hydrogen) atoms. The number of hydrogen-bond acceptors (Lipinski definition) is 3. The third-order valence-electron chi connectivity index (χ3n) is 4.76. The van der Waals surface area contributed by atoms with E-state index in [2.05, 4.69) is 0 Å². The Morgan fingerprint density at radius 1 is 1.15 bits per heavy atom. The fourth-order valence-electron chi connectivity index (χ4n) is 3.48. The second-order valence-electron chi connectivity index (χ2n) is 6.32. The van der Waals surface area contributed by atoms with E-state index in [1.807, 2.05) is 0 Å². The molecule has 4 nitrogen and oxygen atoms in total. The largest absolute Gasteiger partial charge is 0.496 e. The number of carboxylic acids is 1. The molecule has 0 radical (unpaired) electrons. The zero-order chi connectivity index (χ0) is 18.8. The second kappa shape index (κ2) is 7.37. The van der Waals surface area contributed by atoms with Crippen LogP contribution in [-0.4, -0.2) is 36.2 Å². The van der Waals surface area contributed by atoms with Crippen molar-refractivity contribution >= 4 is 5.97 Å². The molecule has 3 rings (SSSR count). The molecule has 1 N–H and O–H groups in total. The molecule has 0 spiro atoms. The molecule has 2 aromatic rings. The van der Waals surface area contributed by atoms with Crippen molar-refractivity contribution in [3.63, 3.8) is 0 Å². The lowest BCUT2D eigenvalue weighted by molar-refractivity contribution is -0.141. The highest BCUT2D eigenvalue weighted by Gasteiger charge is 2.40. The number of para-hydroxylation sites is 1. The van der Waals surface area contributed by atoms with E-state index >= 15 is 0 Å². The van der Waals surface area contributed by atoms with Gasteiger partial charge in [0.25, 0.3) is 0 Å². The Hall–Kier alpha value is -2.54. The fourth-order valence-corrected chi connectivity index (χ4v) is 3.48. The van der Waals surface area contributed by atoms with E-state index in [1.165, 1.54) is 13.2 Å². The van der Waals surface area contributed by atoms with Crippen molar-refractivity contribution in [3.8, 4) is 5.75 Å². The number of carbonyl (C=O) groups is 1. The SMILES string of the molecule is COc1ccccc1[C@@H]1CN(Cc2ccc(F)c(F)c2F)C[C@H]1C(=O)O. The minimum absolute atomic E-state index is 0.00153. The molecule has 1 heterocycles. The maximum atomic E-state index is 13.9. The molecule has 7 heteroatoms. The molecule has 1 fully saturated rings. The van der Waals surface area contributed by atoms with Crippen LogP contribution in [0, 0.1) is 23.4 Å². The first-order chi connectivity index (χ1) is 12.4. The predicted octanol–water partition coefficient (Wildman–Crippen LogP) is 3.41. The van der Waals surface area contributed by atoms with Crippen LogP contribution >= 0.6 is 0 Å². The van der Waals surface area contributed by atoms with Crippen LogP contribution in [0.3, 0.4) is 0 Å². The van der Waals surface area contributed by atoms with Crippen LogP contribution in [0.25, 0.3) is 0 Å². The number of likely N-dealkylation sites (tertiary alicyclic amines) is 1. The van der Waals surface area contributed by atoms with Crippen LogP contribution < -0.4 is 4.74 Å². The van der Waals surface area contributed by atoms with Crippen molar-refractivity contribution in [2.75, 3.05) is 20.2 Å². The lowest BCUT2D eigenvalue weighted by Crippen LogP contribution is -2.23. The third-order valence-corrected chi connectivity index (χ3v) is 4.76. The smallest absolute Gasteiger partial charge is 0.308 e. The quantitative estimate of drug-likeness (QED) is 0.825. The van der Waals surface area contributed by atoms with Crippen molar-refractivity contribution in [3.05, 3.63) is 65.0 Å². The van der Waals surface area contributed by atoms with E-state index in [0.717, 1.165) is 11.6 Å². The number of nitrogens with zero attached hydrogens (tertiary/aromatic N) is 1. The highest BCUT2D eigenvalue weighted by Crippen LogP contribution is 2.38. The Balaban J connectivity index is 1.86. The standard InChI is InChI=1S/C19H18F3NO3/c1-26-16-5-3-2-4-12(16)13-9-23(10-14(13)19(24)25)8-11-6-7-15(20)18(22)17(11)21/h2-7,13-14H,8-10H2,1H3,(H,24,25)/t13-,14+/m0/s1. The number of ether oxygens (including phenoxy) is 1. The average Bonchev–Trinajstić information content (AvgIpc) is 3.06. The summed E-state index contributed by atoms with van der Waals surface area (Å²) in [5, 5.41) is 9.58. The maximum Gasteiger partial charge on any atom is 0.308 e. The number of aliphatic carboxylic acids is 1. The first-order valence-electron chi connectivity index (χ1n) is 8.12. The molecule has 2 atom stereocenters. The van der Waals surface area contributed by atoms with Crippen LogP contribution in [0.2, 0.25) is 0 Å². The van der Waals surface area contributed by atoms with Crippen molar-refractivity contribution in [2.45, 2.75) is 12.5 Å². The molecule has 0 bridgehead atoms. The van der Waals surface area contributed by atoms with Gasteiger partial charge >= 0.3 is 5.97 Å². The lowest BCUT2D eigenvalue weighted by Gasteiger charge is -2.18. The molecule has 0 unspecified atom stereocenters. The van der Waals surface area contributed by atoms with E-state index in [9.17, 15) is 23.1 Å². The second-order valence-corrected chi connectivity index (χ2v) is 6.32. The van der Waals surface area contributed by atoms with E-state index in [4.69, 9.17) is 4.74 Å². The summed E-state index contributed by atoms with van der Waals surface area (Å²) in [4.78, 5) is 13.4. The van der Waals surface area contributed by atoms with Gasteiger partial charge in [-0.1, -0.05) is 24.3 Å². The van der Waals surface area contributed by atoms with Gasteiger partial charge in [0.1, 0.15) is 5.75 Å². The van der Waals surface area contributed by atoms with Gasteiger partial charge in [-0.05, 0) is 17.7 Å². The van der Waals surface area contributed by atoms with E-state index in [-0.39, 0.29) is 24.6 Å². The van der Waals surface area contributed by atoms with Crippen molar-refractivity contribution in [1.82, 2.24) is 4.90 Å². The van der Waals surface area contributed by atoms with Gasteiger partial charge in [0.2, 0.25) is 0 Å². The number of halogens is 3. The molecule has 1 saturated heterocycles. The van der Waals surface area contributed by atoms with Gasteiger partial charge in [-0.25, -0.2) is 13.2 Å². The molecule has 1 aliphatic heterocycles. The lowest BCUT2D eigenvalue weighted by atomic mass is 9.88. The third kappa shape index (κ3) is 3.39. The highest BCUT2D eigenvalue weighted by molar-refractivity contribution is 5.72. The topological polar surface area (TPSA) is 49.8 Å². The molecular weight excluding hydrogens is 347 g/mol. The first-order valence-corrected chi connectivity index (χ1v) is 8.12. The molecule has 0 aromatic heterocycles. The van der Waals surface area contributed by atoms with Crippen LogP contribution in [-0.2, 0) is 11.3 Å². The summed E-state index contributed by atoms with van der Waals surface area (Å²) in [5.41, 5.74) is 0.754. The van der Waals surface area contributed by atoms with E-state index < -0.39 is 29.3 Å². The van der Waals surface area contributed by atoms with Crippen molar-refractivity contribution in [1.29, 1.82) is 0 Å². The van der Waals surface area contributed by atoms with Crippen LogP contribution in [0.5, 0.6) is 5.75 Å². The van der Waals surface area contributed by atoms with Crippen molar-refractivity contribution in [2.24, 2.45) is 5.92 Å². The van der Waals surface area contributed by atoms with Crippen LogP contribution in [0.15, 0.2) is 36.4 Å². The zero-order valence-electron chi connectivity index (χ0n) is 14.1. The van der Waals surface area contributed by atoms with Gasteiger partial charge in [0, 0.05) is 31.1 Å². The van der Waals surface area contributed by atoms with Gasteiger partial charge in [-0.2, -0.15) is 0 Å². The number of hydrogen-bond donors (Lipinski definition) is 1. The normalized spacial score (nSPS) is 20.3. The molecule has 2 aromatic carbocycles. The minimum atomic E-state index is -1.52. The Labute approximate surface area is 148 Å². The molecule has 0 saturated carbocycles. The average molecular weight is 365 g/mol. The fraction of sp³-hybridized carbons (Fsp3) is 0.316. The number of rotatable bonds is 5. The summed E-state index contributed by atoms with van der Waals surface area (Å²) in [6, 6.07) is 9.21. The Kier molecular flexibility index (Phi) is 5.18. The van der Waals surface area contributed by atoms with Gasteiger partial charge in [0.05, 0.1) is 13.0 Å². The minimum Gasteiger partial charge on any atom is -0.496 e. The zero-order valence-corrected chi connectivity index (χ0v) is 14.1. The van der Waals surface area contributed by atoms with E-state index in [1.54, 1.807) is 29.2 Å². The highest BCUT2D eigenvalue weighted by atomic mass is 19.2. The monoisotopic (exact) mass is 365 g/mol. The summed E-state index contributed by atoms with van der Waals surface area (Å²) < 4.78 is 45.8. The summed E-state index contributed by atoms with van der Waals surface area (Å²) in [5.74, 6) is -5.44. The van der Waals surface area contributed by atoms with Gasteiger partial charge in [0.15, 0.2) is 17.5 Å². The van der Waals surface area contributed by atoms with Crippen LogP contribution in [0.4, 0.5) is 13.2 Å². The predicted molar refractivity (Wildman–Crippen MR) is 88.5 cm³/mol. The number of benzene rings is 2. The molecule has 0 aliphatic carbocycles. The maximum absolute atomic E-state index is 13.9. The summed E-state index contributed by atoms with van der Waals surface area (Å²) in [6.07, 6.45) is 0. The molecule has 1 aliphatic rings. The molecular formula is C19H18F3NO3. The summed E-state index contributed by atoms with van der Waals surface area (Å²) >= 11 is 0. The van der Waals surface area contributed by atoms with Crippen molar-refractivity contribution < 1.29 is 27.8 Å². The summed E-state index contributed by atoms with van der Waals surface area (Å²) in [7, 11) is 1.51. The molecule has 0 amide bonds.